The second-order valence-electron chi connectivity index (χ2n) is 12.1. The smallest absolute Gasteiger partial charge is 0.267 e. The second-order valence-corrected chi connectivity index (χ2v) is 12.1. The van der Waals surface area contributed by atoms with Crippen LogP contribution in [0.3, 0.4) is 0 Å². The molecule has 3 heterocycles. The van der Waals surface area contributed by atoms with E-state index in [4.69, 9.17) is 0 Å². The molecule has 1 aromatic heterocycles. The van der Waals surface area contributed by atoms with Crippen molar-refractivity contribution in [3.8, 4) is 0 Å². The number of aromatic nitrogens is 1. The number of piperidine rings is 1. The van der Waals surface area contributed by atoms with Gasteiger partial charge in [0.05, 0.1) is 13.1 Å². The van der Waals surface area contributed by atoms with Gasteiger partial charge in [0.15, 0.2) is 0 Å². The first-order chi connectivity index (χ1) is 19.9. The Morgan fingerprint density at radius 1 is 0.902 bits per heavy atom. The second kappa shape index (κ2) is 11.5. The lowest BCUT2D eigenvalue weighted by Gasteiger charge is -2.34. The average molecular weight is 549 g/mol. The Hall–Kier alpha value is -3.90. The highest BCUT2D eigenvalue weighted by Crippen LogP contribution is 2.42. The number of nitrogens with one attached hydrogen (secondary N) is 1. The fraction of sp³-hybridized carbons (Fsp3) is 0.371. The fourth-order valence-electron chi connectivity index (χ4n) is 6.62. The number of carbonyl (C=O) groups excluding carboxylic acids is 2. The van der Waals surface area contributed by atoms with E-state index in [1.807, 2.05) is 47.4 Å². The van der Waals surface area contributed by atoms with Crippen molar-refractivity contribution in [2.45, 2.75) is 52.1 Å². The van der Waals surface area contributed by atoms with Gasteiger partial charge in [-0.05, 0) is 60.7 Å². The highest BCUT2D eigenvalue weighted by Gasteiger charge is 2.34. The number of fused-ring (bicyclic) bond motifs is 2. The van der Waals surface area contributed by atoms with Crippen LogP contribution in [0.2, 0.25) is 0 Å². The lowest BCUT2D eigenvalue weighted by Crippen LogP contribution is -2.38. The molecule has 1 aliphatic carbocycles. The lowest BCUT2D eigenvalue weighted by molar-refractivity contribution is -0.115. The van der Waals surface area contributed by atoms with Crippen LogP contribution in [0, 0.1) is 5.41 Å². The first-order valence-corrected chi connectivity index (χ1v) is 15.0. The van der Waals surface area contributed by atoms with Crippen LogP contribution in [0.4, 0.5) is 5.69 Å². The molecular formula is C35H40N4O2. The number of allylic oxidation sites excluding steroid dienone is 2. The number of likely N-dealkylation sites (tertiary alicyclic amines) is 1. The maximum absolute atomic E-state index is 14.2. The van der Waals surface area contributed by atoms with E-state index in [0.717, 1.165) is 36.6 Å². The van der Waals surface area contributed by atoms with Crippen molar-refractivity contribution in [2.75, 3.05) is 31.1 Å². The fourth-order valence-corrected chi connectivity index (χ4v) is 6.62. The Bertz CT molecular complexity index is 1480. The molecular weight excluding hydrogens is 508 g/mol. The molecule has 0 bridgehead atoms. The molecule has 1 saturated heterocycles. The summed E-state index contributed by atoms with van der Waals surface area (Å²) < 4.78 is 2.07. The van der Waals surface area contributed by atoms with Gasteiger partial charge in [0.25, 0.3) is 11.8 Å². The molecule has 3 aliphatic rings. The lowest BCUT2D eigenvalue weighted by atomic mass is 9.71. The van der Waals surface area contributed by atoms with Gasteiger partial charge in [-0.1, -0.05) is 87.0 Å². The number of carbonyl (C=O) groups is 2. The Morgan fingerprint density at radius 3 is 2.44 bits per heavy atom. The molecule has 1 N–H and O–H groups in total. The number of anilines is 1. The number of rotatable bonds is 6. The van der Waals surface area contributed by atoms with Crippen molar-refractivity contribution in [1.29, 1.82) is 0 Å². The van der Waals surface area contributed by atoms with E-state index in [1.165, 1.54) is 24.8 Å². The minimum Gasteiger partial charge on any atom is -0.349 e. The van der Waals surface area contributed by atoms with E-state index in [0.29, 0.717) is 30.9 Å². The number of hydrogen-bond acceptors (Lipinski definition) is 3. The van der Waals surface area contributed by atoms with Gasteiger partial charge >= 0.3 is 0 Å². The van der Waals surface area contributed by atoms with Gasteiger partial charge < -0.3 is 19.7 Å². The largest absolute Gasteiger partial charge is 0.349 e. The molecule has 6 nitrogen and oxygen atoms in total. The van der Waals surface area contributed by atoms with Crippen LogP contribution in [-0.2, 0) is 17.9 Å². The topological polar surface area (TPSA) is 57.6 Å². The van der Waals surface area contributed by atoms with E-state index in [1.54, 1.807) is 0 Å². The summed E-state index contributed by atoms with van der Waals surface area (Å²) in [5.74, 6) is 0.123. The van der Waals surface area contributed by atoms with Gasteiger partial charge in [0.2, 0.25) is 0 Å². The highest BCUT2D eigenvalue weighted by molar-refractivity contribution is 6.08. The Kier molecular flexibility index (Phi) is 7.67. The normalized spacial score (nSPS) is 20.0. The third-order valence-corrected chi connectivity index (χ3v) is 8.85. The molecule has 3 aromatic rings. The van der Waals surface area contributed by atoms with Gasteiger partial charge in [-0.25, -0.2) is 0 Å². The van der Waals surface area contributed by atoms with E-state index in [-0.39, 0.29) is 23.1 Å². The van der Waals surface area contributed by atoms with Gasteiger partial charge in [0, 0.05) is 36.0 Å². The summed E-state index contributed by atoms with van der Waals surface area (Å²) in [6.07, 6.45) is 10.1. The molecule has 2 aliphatic heterocycles. The number of benzene rings is 2. The maximum Gasteiger partial charge on any atom is 0.267 e. The van der Waals surface area contributed by atoms with Crippen LogP contribution in [0.1, 0.15) is 66.3 Å². The van der Waals surface area contributed by atoms with Crippen molar-refractivity contribution in [3.63, 3.8) is 0 Å². The number of amides is 2. The van der Waals surface area contributed by atoms with Crippen LogP contribution < -0.4 is 10.2 Å². The standard InChI is InChI=1S/C35H40N4O2/c1-35(2)23-27(15-17-30(35)26-11-5-3-6-12-26)34(41)39-25-29-16-18-32(38(29)24-28-13-7-8-14-31(28)39)33(40)36-19-22-37-20-9-4-10-21-37/h3,5-8,11-18,23,30H,4,9-10,19-22,24-25H2,1-2H3,(H,36,40). The first-order valence-electron chi connectivity index (χ1n) is 15.0. The van der Waals surface area contributed by atoms with E-state index >= 15 is 0 Å². The first kappa shape index (κ1) is 27.3. The zero-order valence-electron chi connectivity index (χ0n) is 24.2. The third kappa shape index (κ3) is 5.66. The Labute approximate surface area is 243 Å². The van der Waals surface area contributed by atoms with Gasteiger partial charge in [-0.3, -0.25) is 9.59 Å². The van der Waals surface area contributed by atoms with Gasteiger partial charge in [-0.15, -0.1) is 0 Å². The highest BCUT2D eigenvalue weighted by atomic mass is 16.2. The Morgan fingerprint density at radius 2 is 1.66 bits per heavy atom. The maximum atomic E-state index is 14.2. The predicted octanol–water partition coefficient (Wildman–Crippen LogP) is 5.90. The zero-order chi connectivity index (χ0) is 28.4. The summed E-state index contributed by atoms with van der Waals surface area (Å²) in [5, 5.41) is 3.14. The summed E-state index contributed by atoms with van der Waals surface area (Å²) in [6, 6.07) is 22.4. The van der Waals surface area contributed by atoms with E-state index in [9.17, 15) is 9.59 Å². The summed E-state index contributed by atoms with van der Waals surface area (Å²) in [6.45, 7) is 9.10. The van der Waals surface area contributed by atoms with Crippen molar-refractivity contribution in [2.24, 2.45) is 5.41 Å². The molecule has 0 spiro atoms. The van der Waals surface area contributed by atoms with Crippen molar-refractivity contribution >= 4 is 17.5 Å². The summed E-state index contributed by atoms with van der Waals surface area (Å²) in [5.41, 5.74) is 5.26. The third-order valence-electron chi connectivity index (χ3n) is 8.85. The number of nitrogens with zero attached hydrogens (tertiary/aromatic N) is 3. The number of para-hydroxylation sites is 1. The molecule has 1 fully saturated rings. The van der Waals surface area contributed by atoms with Crippen LogP contribution in [0.5, 0.6) is 0 Å². The van der Waals surface area contributed by atoms with Gasteiger partial charge in [-0.2, -0.15) is 0 Å². The quantitative estimate of drug-likeness (QED) is 0.417. The molecule has 1 atom stereocenters. The van der Waals surface area contributed by atoms with Crippen LogP contribution in [0.25, 0.3) is 0 Å². The van der Waals surface area contributed by atoms with Crippen LogP contribution in [0.15, 0.2) is 90.5 Å². The average Bonchev–Trinajstić information content (AvgIpc) is 3.30. The zero-order valence-corrected chi connectivity index (χ0v) is 24.2. The predicted molar refractivity (Wildman–Crippen MR) is 164 cm³/mol. The minimum absolute atomic E-state index is 0.0181. The van der Waals surface area contributed by atoms with Crippen LogP contribution >= 0.6 is 0 Å². The minimum atomic E-state index is -0.216. The van der Waals surface area contributed by atoms with Gasteiger partial charge in [0.1, 0.15) is 5.69 Å². The Balaban J connectivity index is 1.23. The molecule has 0 radical (unpaired) electrons. The molecule has 1 unspecified atom stereocenters. The van der Waals surface area contributed by atoms with Crippen LogP contribution in [-0.4, -0.2) is 47.5 Å². The SMILES string of the molecule is CC1(C)C=C(C(=O)N2Cc3ccc(C(=O)NCCN4CCCCC4)n3Cc3ccccc32)C=CC1c1ccccc1. The molecule has 41 heavy (non-hydrogen) atoms. The number of hydrogen-bond donors (Lipinski definition) is 1. The molecule has 2 amide bonds. The molecule has 6 heteroatoms. The molecule has 0 saturated carbocycles. The van der Waals surface area contributed by atoms with E-state index < -0.39 is 0 Å². The monoisotopic (exact) mass is 548 g/mol. The van der Waals surface area contributed by atoms with Crippen molar-refractivity contribution < 1.29 is 9.59 Å². The molecule has 212 valence electrons. The van der Waals surface area contributed by atoms with E-state index in [2.05, 4.69) is 71.1 Å². The van der Waals surface area contributed by atoms with Crippen molar-refractivity contribution in [1.82, 2.24) is 14.8 Å². The molecule has 6 rings (SSSR count). The summed E-state index contributed by atoms with van der Waals surface area (Å²) in [7, 11) is 0. The summed E-state index contributed by atoms with van der Waals surface area (Å²) in [4.78, 5) is 31.7. The summed E-state index contributed by atoms with van der Waals surface area (Å²) >= 11 is 0. The van der Waals surface area contributed by atoms with Crippen molar-refractivity contribution in [3.05, 3.63) is 113 Å². The molecule has 2 aromatic carbocycles.